The van der Waals surface area contributed by atoms with E-state index >= 15 is 0 Å². The summed E-state index contributed by atoms with van der Waals surface area (Å²) in [5.41, 5.74) is -1.04. The van der Waals surface area contributed by atoms with E-state index in [0.717, 1.165) is 6.42 Å². The fraction of sp³-hybridized carbons (Fsp3) is 0.737. The van der Waals surface area contributed by atoms with Crippen molar-refractivity contribution in [3.63, 3.8) is 0 Å². The molecule has 2 fully saturated rings. The van der Waals surface area contributed by atoms with Gasteiger partial charge in [0.05, 0.1) is 12.1 Å². The van der Waals surface area contributed by atoms with Crippen molar-refractivity contribution in [2.24, 2.45) is 5.92 Å². The van der Waals surface area contributed by atoms with Crippen LogP contribution in [0.25, 0.3) is 0 Å². The second-order valence-corrected chi connectivity index (χ2v) is 8.09. The fourth-order valence-electron chi connectivity index (χ4n) is 3.71. The number of halogens is 1. The molecule has 0 radical (unpaired) electrons. The molecule has 1 saturated heterocycles. The third-order valence-corrected chi connectivity index (χ3v) is 5.08. The van der Waals surface area contributed by atoms with E-state index in [9.17, 15) is 9.18 Å². The van der Waals surface area contributed by atoms with Crippen LogP contribution in [-0.4, -0.2) is 73.5 Å². The molecule has 2 unspecified atom stereocenters. The van der Waals surface area contributed by atoms with Gasteiger partial charge in [-0.2, -0.15) is 0 Å². The summed E-state index contributed by atoms with van der Waals surface area (Å²) in [5.74, 6) is 0.589. The molecular weight excluding hydrogens is 339 g/mol. The van der Waals surface area contributed by atoms with Crippen LogP contribution in [0.1, 0.15) is 27.2 Å². The van der Waals surface area contributed by atoms with Crippen LogP contribution in [0.15, 0.2) is 23.7 Å². The summed E-state index contributed by atoms with van der Waals surface area (Å²) < 4.78 is 30.8. The van der Waals surface area contributed by atoms with Gasteiger partial charge in [0, 0.05) is 45.3 Å². The molecule has 6 nitrogen and oxygen atoms in total. The number of carbonyl (C=O) groups is 1. The molecule has 0 bridgehead atoms. The summed E-state index contributed by atoms with van der Waals surface area (Å²) in [6.45, 7) is 8.86. The minimum Gasteiger partial charge on any atom is -0.491 e. The molecular formula is C19H29FN2O4. The van der Waals surface area contributed by atoms with E-state index in [2.05, 4.69) is 4.90 Å². The van der Waals surface area contributed by atoms with Crippen molar-refractivity contribution in [3.05, 3.63) is 23.7 Å². The highest BCUT2D eigenvalue weighted by Crippen LogP contribution is 2.57. The van der Waals surface area contributed by atoms with E-state index in [1.54, 1.807) is 12.0 Å². The molecule has 0 aromatic carbocycles. The van der Waals surface area contributed by atoms with Gasteiger partial charge in [-0.05, 0) is 33.3 Å². The summed E-state index contributed by atoms with van der Waals surface area (Å²) in [7, 11) is 1.61. The largest absolute Gasteiger partial charge is 0.491 e. The lowest BCUT2D eigenvalue weighted by Crippen LogP contribution is -2.54. The summed E-state index contributed by atoms with van der Waals surface area (Å²) in [5, 5.41) is 0. The molecule has 2 aliphatic carbocycles. The van der Waals surface area contributed by atoms with Crippen molar-refractivity contribution in [2.75, 3.05) is 46.5 Å². The van der Waals surface area contributed by atoms with Crippen molar-refractivity contribution in [1.82, 2.24) is 9.80 Å². The van der Waals surface area contributed by atoms with Crippen molar-refractivity contribution in [1.29, 1.82) is 0 Å². The Morgan fingerprint density at radius 1 is 1.27 bits per heavy atom. The predicted molar refractivity (Wildman–Crippen MR) is 95.3 cm³/mol. The lowest BCUT2D eigenvalue weighted by Gasteiger charge is -2.40. The molecule has 1 saturated carbocycles. The third-order valence-electron chi connectivity index (χ3n) is 5.08. The Morgan fingerprint density at radius 2 is 1.96 bits per heavy atom. The minimum atomic E-state index is -0.534. The number of piperazine rings is 1. The Bertz CT molecular complexity index is 605. The maximum atomic E-state index is 14.9. The van der Waals surface area contributed by atoms with Crippen LogP contribution in [0.4, 0.5) is 9.18 Å². The molecule has 3 aliphatic rings. The monoisotopic (exact) mass is 368 g/mol. The average Bonchev–Trinajstić information content (AvgIpc) is 3.30. The number of hydrogen-bond donors (Lipinski definition) is 0. The summed E-state index contributed by atoms with van der Waals surface area (Å²) >= 11 is 0. The standard InChI is InChI=1S/C19H29FN2O4/c1-18(2,3)26-17(23)21-5-7-22(8-6-21)19-13-14(19)11-15(12-16(19)20)25-10-9-24-4/h11-12,14H,5-10,13H2,1-4H3. The number of methoxy groups -OCH3 is 1. The average molecular weight is 368 g/mol. The van der Waals surface area contributed by atoms with Crippen molar-refractivity contribution >= 4 is 6.09 Å². The second-order valence-electron chi connectivity index (χ2n) is 8.09. The predicted octanol–water partition coefficient (Wildman–Crippen LogP) is 2.71. The van der Waals surface area contributed by atoms with Gasteiger partial charge >= 0.3 is 6.09 Å². The van der Waals surface area contributed by atoms with E-state index in [0.29, 0.717) is 45.2 Å². The molecule has 26 heavy (non-hydrogen) atoms. The molecule has 0 aromatic rings. The molecule has 2 atom stereocenters. The smallest absolute Gasteiger partial charge is 0.410 e. The van der Waals surface area contributed by atoms with Crippen LogP contribution >= 0.6 is 0 Å². The van der Waals surface area contributed by atoms with E-state index in [1.165, 1.54) is 6.08 Å². The number of fused-ring (bicyclic) bond motifs is 1. The second kappa shape index (κ2) is 7.19. The van der Waals surface area contributed by atoms with Gasteiger partial charge in [-0.3, -0.25) is 4.90 Å². The maximum Gasteiger partial charge on any atom is 0.410 e. The summed E-state index contributed by atoms with van der Waals surface area (Å²) in [6, 6.07) is 0. The Hall–Kier alpha value is -1.60. The summed E-state index contributed by atoms with van der Waals surface area (Å²) in [4.78, 5) is 16.0. The molecule has 146 valence electrons. The first-order valence-corrected chi connectivity index (χ1v) is 9.20. The third kappa shape index (κ3) is 3.88. The first-order valence-electron chi connectivity index (χ1n) is 9.20. The summed E-state index contributed by atoms with van der Waals surface area (Å²) in [6.07, 6.45) is 3.98. The van der Waals surface area contributed by atoms with Gasteiger partial charge in [0.15, 0.2) is 0 Å². The van der Waals surface area contributed by atoms with Gasteiger partial charge < -0.3 is 19.1 Å². The van der Waals surface area contributed by atoms with Gasteiger partial charge in [0.2, 0.25) is 0 Å². The van der Waals surface area contributed by atoms with Crippen LogP contribution < -0.4 is 0 Å². The molecule has 1 heterocycles. The number of carbonyl (C=O) groups excluding carboxylic acids is 1. The van der Waals surface area contributed by atoms with Gasteiger partial charge in [-0.25, -0.2) is 9.18 Å². The highest BCUT2D eigenvalue weighted by Gasteiger charge is 2.62. The SMILES string of the molecule is COCCOC1=CC2CC2(N2CCN(C(=O)OC(C)(C)C)CC2)C(F)=C1. The fourth-order valence-corrected chi connectivity index (χ4v) is 3.71. The first kappa shape index (κ1) is 19.2. The van der Waals surface area contributed by atoms with Gasteiger partial charge in [-0.1, -0.05) is 0 Å². The molecule has 0 N–H and O–H groups in total. The zero-order valence-corrected chi connectivity index (χ0v) is 16.1. The first-order chi connectivity index (χ1) is 12.3. The maximum absolute atomic E-state index is 14.9. The number of ether oxygens (including phenoxy) is 3. The molecule has 7 heteroatoms. The Balaban J connectivity index is 1.55. The number of hydrogen-bond acceptors (Lipinski definition) is 5. The Labute approximate surface area is 154 Å². The highest BCUT2D eigenvalue weighted by molar-refractivity contribution is 5.68. The molecule has 0 aromatic heterocycles. The molecule has 1 aliphatic heterocycles. The molecule has 0 spiro atoms. The van der Waals surface area contributed by atoms with Gasteiger partial charge in [-0.15, -0.1) is 0 Å². The Kier molecular flexibility index (Phi) is 5.30. The number of nitrogens with zero attached hydrogens (tertiary/aromatic N) is 2. The van der Waals surface area contributed by atoms with Crippen LogP contribution in [0, 0.1) is 5.92 Å². The molecule has 3 rings (SSSR count). The van der Waals surface area contributed by atoms with Crippen molar-refractivity contribution in [3.8, 4) is 0 Å². The quantitative estimate of drug-likeness (QED) is 0.699. The lowest BCUT2D eigenvalue weighted by molar-refractivity contribution is 0.00863. The Morgan fingerprint density at radius 3 is 2.54 bits per heavy atom. The van der Waals surface area contributed by atoms with Crippen LogP contribution in [0.2, 0.25) is 0 Å². The number of rotatable bonds is 5. The van der Waals surface area contributed by atoms with Gasteiger partial charge in [0.1, 0.15) is 23.8 Å². The minimum absolute atomic E-state index is 0.136. The van der Waals surface area contributed by atoms with E-state index in [-0.39, 0.29) is 17.8 Å². The van der Waals surface area contributed by atoms with Crippen LogP contribution in [0.5, 0.6) is 0 Å². The van der Waals surface area contributed by atoms with Gasteiger partial charge in [0.25, 0.3) is 0 Å². The molecule has 1 amide bonds. The zero-order chi connectivity index (χ0) is 18.9. The van der Waals surface area contributed by atoms with E-state index < -0.39 is 11.1 Å². The lowest BCUT2D eigenvalue weighted by atomic mass is 10.0. The topological polar surface area (TPSA) is 51.2 Å². The van der Waals surface area contributed by atoms with Crippen LogP contribution in [-0.2, 0) is 14.2 Å². The zero-order valence-electron chi connectivity index (χ0n) is 16.1. The number of amides is 1. The normalized spacial score (nSPS) is 28.8. The highest BCUT2D eigenvalue weighted by atomic mass is 19.1. The van der Waals surface area contributed by atoms with Crippen LogP contribution in [0.3, 0.4) is 0 Å². The number of allylic oxidation sites excluding steroid dienone is 1. The van der Waals surface area contributed by atoms with Crippen molar-refractivity contribution < 1.29 is 23.4 Å². The van der Waals surface area contributed by atoms with E-state index in [1.807, 2.05) is 26.8 Å². The van der Waals surface area contributed by atoms with Crippen molar-refractivity contribution in [2.45, 2.75) is 38.3 Å². The van der Waals surface area contributed by atoms with E-state index in [4.69, 9.17) is 14.2 Å².